The molecule has 0 amide bonds. The second-order valence-corrected chi connectivity index (χ2v) is 5.88. The first-order chi connectivity index (χ1) is 13.0. The topological polar surface area (TPSA) is 92.3 Å². The SMILES string of the molecule is Cc1n[nH]c(=O)nc1N/N=C/c1ccccc1OCc1c(F)cccc1Cl. The van der Waals surface area contributed by atoms with Crippen molar-refractivity contribution in [2.45, 2.75) is 13.5 Å². The zero-order valence-corrected chi connectivity index (χ0v) is 15.0. The predicted octanol–water partition coefficient (Wildman–Crippen LogP) is 3.29. The van der Waals surface area contributed by atoms with Crippen molar-refractivity contribution >= 4 is 23.6 Å². The number of rotatable bonds is 6. The molecule has 0 aliphatic rings. The molecule has 27 heavy (non-hydrogen) atoms. The van der Waals surface area contributed by atoms with Crippen LogP contribution in [0.2, 0.25) is 5.02 Å². The van der Waals surface area contributed by atoms with Crippen LogP contribution in [0.15, 0.2) is 52.4 Å². The number of aryl methyl sites for hydroxylation is 1. The number of anilines is 1. The Kier molecular flexibility index (Phi) is 5.77. The Balaban J connectivity index is 1.74. The first-order valence-electron chi connectivity index (χ1n) is 7.91. The largest absolute Gasteiger partial charge is 0.488 e. The second-order valence-electron chi connectivity index (χ2n) is 5.47. The molecule has 1 aromatic heterocycles. The molecule has 3 aromatic rings. The minimum atomic E-state index is -0.580. The zero-order valence-electron chi connectivity index (χ0n) is 14.2. The molecule has 0 saturated heterocycles. The van der Waals surface area contributed by atoms with Crippen LogP contribution in [0.25, 0.3) is 0 Å². The summed E-state index contributed by atoms with van der Waals surface area (Å²) in [6, 6.07) is 11.6. The fourth-order valence-corrected chi connectivity index (χ4v) is 2.42. The van der Waals surface area contributed by atoms with Crippen molar-refractivity contribution in [3.63, 3.8) is 0 Å². The van der Waals surface area contributed by atoms with Crippen LogP contribution in [0, 0.1) is 12.7 Å². The Morgan fingerprint density at radius 3 is 2.93 bits per heavy atom. The summed E-state index contributed by atoms with van der Waals surface area (Å²) < 4.78 is 19.6. The van der Waals surface area contributed by atoms with Gasteiger partial charge in [0.25, 0.3) is 0 Å². The number of para-hydroxylation sites is 1. The summed E-state index contributed by atoms with van der Waals surface area (Å²) in [6.45, 7) is 1.65. The molecule has 7 nitrogen and oxygen atoms in total. The number of ether oxygens (including phenoxy) is 1. The van der Waals surface area contributed by atoms with Crippen molar-refractivity contribution in [2.24, 2.45) is 5.10 Å². The van der Waals surface area contributed by atoms with E-state index in [0.29, 0.717) is 22.0 Å². The van der Waals surface area contributed by atoms with Crippen LogP contribution in [0.1, 0.15) is 16.8 Å². The van der Waals surface area contributed by atoms with Gasteiger partial charge in [-0.05, 0) is 31.2 Å². The predicted molar refractivity (Wildman–Crippen MR) is 101 cm³/mol. The highest BCUT2D eigenvalue weighted by molar-refractivity contribution is 6.31. The monoisotopic (exact) mass is 387 g/mol. The van der Waals surface area contributed by atoms with Crippen molar-refractivity contribution in [1.82, 2.24) is 15.2 Å². The fourth-order valence-electron chi connectivity index (χ4n) is 2.20. The lowest BCUT2D eigenvalue weighted by molar-refractivity contribution is 0.299. The number of nitrogens with zero attached hydrogens (tertiary/aromatic N) is 3. The number of H-pyrrole nitrogens is 1. The minimum Gasteiger partial charge on any atom is -0.488 e. The zero-order chi connectivity index (χ0) is 19.2. The van der Waals surface area contributed by atoms with Crippen molar-refractivity contribution in [2.75, 3.05) is 5.43 Å². The first kappa shape index (κ1) is 18.5. The number of aromatic nitrogens is 3. The van der Waals surface area contributed by atoms with Gasteiger partial charge < -0.3 is 4.74 Å². The van der Waals surface area contributed by atoms with Gasteiger partial charge in [0.15, 0.2) is 5.82 Å². The molecule has 0 aliphatic carbocycles. The van der Waals surface area contributed by atoms with Gasteiger partial charge in [-0.25, -0.2) is 14.3 Å². The van der Waals surface area contributed by atoms with E-state index < -0.39 is 11.5 Å². The third kappa shape index (κ3) is 4.68. The molecule has 138 valence electrons. The highest BCUT2D eigenvalue weighted by atomic mass is 35.5. The molecule has 0 aliphatic heterocycles. The fraction of sp³-hybridized carbons (Fsp3) is 0.111. The Bertz CT molecular complexity index is 1020. The summed E-state index contributed by atoms with van der Waals surface area (Å²) in [5.74, 6) is 0.307. The minimum absolute atomic E-state index is 0.0254. The summed E-state index contributed by atoms with van der Waals surface area (Å²) in [4.78, 5) is 15.0. The summed E-state index contributed by atoms with van der Waals surface area (Å²) in [5, 5.41) is 10.4. The van der Waals surface area contributed by atoms with E-state index in [9.17, 15) is 9.18 Å². The molecule has 0 saturated carbocycles. The summed E-state index contributed by atoms with van der Waals surface area (Å²) in [5.41, 5.74) is 3.49. The molecule has 0 spiro atoms. The van der Waals surface area contributed by atoms with E-state index in [1.54, 1.807) is 31.2 Å². The highest BCUT2D eigenvalue weighted by Crippen LogP contribution is 2.23. The van der Waals surface area contributed by atoms with Gasteiger partial charge in [0.1, 0.15) is 23.9 Å². The van der Waals surface area contributed by atoms with Gasteiger partial charge in [-0.2, -0.15) is 15.2 Å². The van der Waals surface area contributed by atoms with E-state index in [4.69, 9.17) is 16.3 Å². The lowest BCUT2D eigenvalue weighted by atomic mass is 10.2. The number of hydrazone groups is 1. The Labute approximate surface area is 158 Å². The molecular weight excluding hydrogens is 373 g/mol. The van der Waals surface area contributed by atoms with Gasteiger partial charge in [0.05, 0.1) is 11.2 Å². The lowest BCUT2D eigenvalue weighted by Gasteiger charge is -2.11. The molecule has 0 bridgehead atoms. The maximum atomic E-state index is 13.9. The third-order valence-electron chi connectivity index (χ3n) is 3.60. The summed E-state index contributed by atoms with van der Waals surface area (Å²) in [7, 11) is 0. The van der Waals surface area contributed by atoms with Gasteiger partial charge in [-0.15, -0.1) is 0 Å². The number of nitrogens with one attached hydrogen (secondary N) is 2. The molecule has 2 aromatic carbocycles. The summed E-state index contributed by atoms with van der Waals surface area (Å²) >= 11 is 6.02. The van der Waals surface area contributed by atoms with E-state index in [2.05, 4.69) is 25.7 Å². The molecule has 0 atom stereocenters. The number of hydrogen-bond acceptors (Lipinski definition) is 6. The normalized spacial score (nSPS) is 10.9. The van der Waals surface area contributed by atoms with E-state index in [0.717, 1.165) is 0 Å². The van der Waals surface area contributed by atoms with Crippen LogP contribution in [0.4, 0.5) is 10.2 Å². The number of benzene rings is 2. The van der Waals surface area contributed by atoms with Crippen LogP contribution >= 0.6 is 11.6 Å². The average Bonchev–Trinajstić information content (AvgIpc) is 2.65. The van der Waals surface area contributed by atoms with Crippen molar-refractivity contribution < 1.29 is 9.13 Å². The maximum Gasteiger partial charge on any atom is 0.363 e. The molecular formula is C18H15ClFN5O2. The number of aromatic amines is 1. The second kappa shape index (κ2) is 8.41. The third-order valence-corrected chi connectivity index (χ3v) is 3.96. The number of hydrogen-bond donors (Lipinski definition) is 2. The summed E-state index contributed by atoms with van der Waals surface area (Å²) in [6.07, 6.45) is 1.50. The molecule has 3 rings (SSSR count). The van der Waals surface area contributed by atoms with Crippen molar-refractivity contribution in [3.05, 3.63) is 80.6 Å². The first-order valence-corrected chi connectivity index (χ1v) is 8.29. The highest BCUT2D eigenvalue weighted by Gasteiger charge is 2.09. The standard InChI is InChI=1S/C18H15ClFN5O2/c1-11-17(22-18(26)25-23-11)24-21-9-12-5-2-3-8-16(12)27-10-13-14(19)6-4-7-15(13)20/h2-9H,10H2,1H3,(H2,22,24,25,26)/b21-9+. The van der Waals surface area contributed by atoms with Crippen LogP contribution in [0.5, 0.6) is 5.75 Å². The van der Waals surface area contributed by atoms with Gasteiger partial charge in [-0.1, -0.05) is 29.8 Å². The van der Waals surface area contributed by atoms with Gasteiger partial charge in [0.2, 0.25) is 0 Å². The van der Waals surface area contributed by atoms with Gasteiger partial charge in [-0.3, -0.25) is 5.43 Å². The Hall–Kier alpha value is -3.26. The van der Waals surface area contributed by atoms with Gasteiger partial charge in [0, 0.05) is 11.1 Å². The van der Waals surface area contributed by atoms with Crippen LogP contribution < -0.4 is 15.9 Å². The van der Waals surface area contributed by atoms with Gasteiger partial charge >= 0.3 is 5.69 Å². The molecule has 0 radical (unpaired) electrons. The maximum absolute atomic E-state index is 13.9. The molecule has 2 N–H and O–H groups in total. The Morgan fingerprint density at radius 2 is 2.11 bits per heavy atom. The van der Waals surface area contributed by atoms with E-state index in [-0.39, 0.29) is 18.0 Å². The quantitative estimate of drug-likeness (QED) is 0.500. The molecule has 9 heteroatoms. The van der Waals surface area contributed by atoms with Crippen LogP contribution in [-0.4, -0.2) is 21.4 Å². The van der Waals surface area contributed by atoms with E-state index in [1.165, 1.54) is 18.3 Å². The molecule has 0 fully saturated rings. The van der Waals surface area contributed by atoms with Crippen LogP contribution in [0.3, 0.4) is 0 Å². The number of halogens is 2. The Morgan fingerprint density at radius 1 is 1.30 bits per heavy atom. The van der Waals surface area contributed by atoms with E-state index in [1.807, 2.05) is 6.07 Å². The smallest absolute Gasteiger partial charge is 0.363 e. The van der Waals surface area contributed by atoms with Crippen LogP contribution in [-0.2, 0) is 6.61 Å². The average molecular weight is 388 g/mol. The molecule has 0 unspecified atom stereocenters. The van der Waals surface area contributed by atoms with Crippen molar-refractivity contribution in [3.8, 4) is 5.75 Å². The van der Waals surface area contributed by atoms with Crippen molar-refractivity contribution in [1.29, 1.82) is 0 Å². The molecule has 1 heterocycles. The van der Waals surface area contributed by atoms with E-state index >= 15 is 0 Å². The lowest BCUT2D eigenvalue weighted by Crippen LogP contribution is -2.15.